The standard InChI is InChI=1S/C76H140O6/c1-4-7-10-13-16-19-22-25-28-31-32-33-34-35-36-37-38-39-40-41-42-43-44-46-48-51-54-57-60-63-66-69-75(78)81-72-73(71-80-74(77)68-65-62-59-56-53-50-47-30-27-24-21-18-15-12-9-6-3)82-76(79)70-67-64-61-58-55-52-49-45-29-26-23-20-17-14-11-8-5-2/h22,25,30-32,34-35,47,73H,4-21,23-24,26-29,33,36-46,48-72H2,1-3H3/b25-22-,32-31-,35-34-,47-30-. The van der Waals surface area contributed by atoms with Gasteiger partial charge in [0.25, 0.3) is 0 Å². The lowest BCUT2D eigenvalue weighted by atomic mass is 10.0. The second-order valence-electron chi connectivity index (χ2n) is 24.9. The summed E-state index contributed by atoms with van der Waals surface area (Å²) in [6.07, 6.45) is 90.0. The maximum atomic E-state index is 12.9. The van der Waals surface area contributed by atoms with Crippen molar-refractivity contribution < 1.29 is 28.6 Å². The van der Waals surface area contributed by atoms with E-state index in [4.69, 9.17) is 14.2 Å². The van der Waals surface area contributed by atoms with Crippen molar-refractivity contribution in [1.82, 2.24) is 0 Å². The molecule has 480 valence electrons. The Morgan fingerprint density at radius 3 is 0.695 bits per heavy atom. The molecule has 0 rings (SSSR count). The lowest BCUT2D eigenvalue weighted by Gasteiger charge is -2.18. The molecule has 0 aliphatic heterocycles. The average Bonchev–Trinajstić information content (AvgIpc) is 3.48. The largest absolute Gasteiger partial charge is 0.462 e. The molecule has 0 radical (unpaired) electrons. The topological polar surface area (TPSA) is 78.9 Å². The predicted octanol–water partition coefficient (Wildman–Crippen LogP) is 25.3. The number of allylic oxidation sites excluding steroid dienone is 8. The minimum atomic E-state index is -0.774. The number of unbranched alkanes of at least 4 members (excludes halogenated alkanes) is 49. The van der Waals surface area contributed by atoms with Gasteiger partial charge < -0.3 is 14.2 Å². The van der Waals surface area contributed by atoms with E-state index >= 15 is 0 Å². The Kier molecular flexibility index (Phi) is 68.6. The highest BCUT2D eigenvalue weighted by molar-refractivity contribution is 5.71. The molecule has 0 aliphatic carbocycles. The van der Waals surface area contributed by atoms with Crippen molar-refractivity contribution in [2.24, 2.45) is 0 Å². The Morgan fingerprint density at radius 2 is 0.439 bits per heavy atom. The van der Waals surface area contributed by atoms with Crippen LogP contribution in [0.15, 0.2) is 48.6 Å². The van der Waals surface area contributed by atoms with Crippen LogP contribution in [0.25, 0.3) is 0 Å². The van der Waals surface area contributed by atoms with Gasteiger partial charge in [-0.05, 0) is 83.5 Å². The van der Waals surface area contributed by atoms with E-state index < -0.39 is 6.10 Å². The van der Waals surface area contributed by atoms with E-state index in [0.717, 1.165) is 77.0 Å². The van der Waals surface area contributed by atoms with Gasteiger partial charge in [0.05, 0.1) is 0 Å². The van der Waals surface area contributed by atoms with Crippen molar-refractivity contribution in [1.29, 1.82) is 0 Å². The molecule has 0 fully saturated rings. The smallest absolute Gasteiger partial charge is 0.306 e. The highest BCUT2D eigenvalue weighted by atomic mass is 16.6. The predicted molar refractivity (Wildman–Crippen MR) is 358 cm³/mol. The van der Waals surface area contributed by atoms with Crippen LogP contribution in [-0.2, 0) is 28.6 Å². The summed E-state index contributed by atoms with van der Waals surface area (Å²) in [5, 5.41) is 0. The van der Waals surface area contributed by atoms with Crippen molar-refractivity contribution in [3.8, 4) is 0 Å². The Hall–Kier alpha value is -2.63. The number of esters is 3. The van der Waals surface area contributed by atoms with Crippen LogP contribution in [0.3, 0.4) is 0 Å². The van der Waals surface area contributed by atoms with Crippen molar-refractivity contribution >= 4 is 17.9 Å². The number of rotatable bonds is 68. The molecule has 6 heteroatoms. The van der Waals surface area contributed by atoms with Crippen molar-refractivity contribution in [2.45, 2.75) is 406 Å². The van der Waals surface area contributed by atoms with Crippen LogP contribution in [0.2, 0.25) is 0 Å². The molecule has 0 N–H and O–H groups in total. The molecule has 0 bridgehead atoms. The van der Waals surface area contributed by atoms with Gasteiger partial charge in [0.15, 0.2) is 6.10 Å². The SMILES string of the molecule is CCCCCCC/C=C\C/C=C\C/C=C\CCCCCCCCCCCCCCCCCCC(=O)OCC(COC(=O)CCCCCCC/C=C\CCCCCCCCC)OC(=O)CCCCCCCCCCCCCCCCCCC. The van der Waals surface area contributed by atoms with Gasteiger partial charge in [-0.3, -0.25) is 14.4 Å². The molecule has 0 aromatic carbocycles. The minimum Gasteiger partial charge on any atom is -0.462 e. The molecule has 1 atom stereocenters. The van der Waals surface area contributed by atoms with E-state index in [-0.39, 0.29) is 31.1 Å². The fourth-order valence-electron chi connectivity index (χ4n) is 11.0. The molecule has 0 saturated heterocycles. The monoisotopic (exact) mass is 1150 g/mol. The van der Waals surface area contributed by atoms with Gasteiger partial charge in [-0.25, -0.2) is 0 Å². The van der Waals surface area contributed by atoms with Crippen LogP contribution in [0.1, 0.15) is 400 Å². The summed E-state index contributed by atoms with van der Waals surface area (Å²) in [7, 11) is 0. The van der Waals surface area contributed by atoms with Crippen molar-refractivity contribution in [3.63, 3.8) is 0 Å². The van der Waals surface area contributed by atoms with Gasteiger partial charge in [-0.15, -0.1) is 0 Å². The highest BCUT2D eigenvalue weighted by Crippen LogP contribution is 2.18. The summed E-state index contributed by atoms with van der Waals surface area (Å²) in [4.78, 5) is 38.5. The van der Waals surface area contributed by atoms with E-state index in [0.29, 0.717) is 19.3 Å². The second-order valence-corrected chi connectivity index (χ2v) is 24.9. The third-order valence-electron chi connectivity index (χ3n) is 16.6. The van der Waals surface area contributed by atoms with E-state index in [1.54, 1.807) is 0 Å². The normalized spacial score (nSPS) is 12.3. The summed E-state index contributed by atoms with van der Waals surface area (Å²) >= 11 is 0. The Balaban J connectivity index is 4.21. The van der Waals surface area contributed by atoms with Gasteiger partial charge in [0.2, 0.25) is 0 Å². The van der Waals surface area contributed by atoms with Crippen LogP contribution >= 0.6 is 0 Å². The zero-order valence-electron chi connectivity index (χ0n) is 55.3. The zero-order valence-corrected chi connectivity index (χ0v) is 55.3. The first kappa shape index (κ1) is 79.4. The molecule has 0 heterocycles. The number of hydrogen-bond donors (Lipinski definition) is 0. The Bertz CT molecular complexity index is 1410. The van der Waals surface area contributed by atoms with E-state index in [9.17, 15) is 14.4 Å². The van der Waals surface area contributed by atoms with Gasteiger partial charge >= 0.3 is 17.9 Å². The highest BCUT2D eigenvalue weighted by Gasteiger charge is 2.19. The fourth-order valence-corrected chi connectivity index (χ4v) is 11.0. The third-order valence-corrected chi connectivity index (χ3v) is 16.6. The third kappa shape index (κ3) is 68.2. The first-order chi connectivity index (χ1) is 40.5. The lowest BCUT2D eigenvalue weighted by molar-refractivity contribution is -0.167. The zero-order chi connectivity index (χ0) is 59.2. The summed E-state index contributed by atoms with van der Waals surface area (Å²) in [6, 6.07) is 0. The summed E-state index contributed by atoms with van der Waals surface area (Å²) in [6.45, 7) is 6.69. The Labute approximate surface area is 511 Å². The van der Waals surface area contributed by atoms with Gasteiger partial charge in [-0.2, -0.15) is 0 Å². The molecule has 1 unspecified atom stereocenters. The van der Waals surface area contributed by atoms with Crippen LogP contribution in [0, 0.1) is 0 Å². The molecule has 6 nitrogen and oxygen atoms in total. The van der Waals surface area contributed by atoms with Crippen LogP contribution in [0.4, 0.5) is 0 Å². The summed E-state index contributed by atoms with van der Waals surface area (Å²) < 4.78 is 17.0. The van der Waals surface area contributed by atoms with Crippen LogP contribution < -0.4 is 0 Å². The van der Waals surface area contributed by atoms with E-state index in [1.165, 1.54) is 283 Å². The summed E-state index contributed by atoms with van der Waals surface area (Å²) in [5.41, 5.74) is 0. The van der Waals surface area contributed by atoms with E-state index in [2.05, 4.69) is 69.4 Å². The maximum absolute atomic E-state index is 12.9. The molecular weight excluding hydrogens is 1010 g/mol. The van der Waals surface area contributed by atoms with Crippen LogP contribution in [-0.4, -0.2) is 37.2 Å². The van der Waals surface area contributed by atoms with Crippen molar-refractivity contribution in [3.05, 3.63) is 48.6 Å². The Morgan fingerprint density at radius 1 is 0.244 bits per heavy atom. The fraction of sp³-hybridized carbons (Fsp3) is 0.855. The minimum absolute atomic E-state index is 0.0702. The summed E-state index contributed by atoms with van der Waals surface area (Å²) in [5.74, 6) is -0.849. The maximum Gasteiger partial charge on any atom is 0.306 e. The van der Waals surface area contributed by atoms with Gasteiger partial charge in [0, 0.05) is 19.3 Å². The molecule has 0 aromatic heterocycles. The molecular formula is C76H140O6. The number of ether oxygens (including phenoxy) is 3. The van der Waals surface area contributed by atoms with Crippen LogP contribution in [0.5, 0.6) is 0 Å². The molecule has 0 spiro atoms. The lowest BCUT2D eigenvalue weighted by Crippen LogP contribution is -2.30. The molecule has 0 amide bonds. The molecule has 0 saturated carbocycles. The first-order valence-electron chi connectivity index (χ1n) is 36.6. The van der Waals surface area contributed by atoms with Gasteiger partial charge in [0.1, 0.15) is 13.2 Å². The molecule has 82 heavy (non-hydrogen) atoms. The first-order valence-corrected chi connectivity index (χ1v) is 36.6. The number of carbonyl (C=O) groups is 3. The molecule has 0 aliphatic rings. The quantitative estimate of drug-likeness (QED) is 0.0261. The van der Waals surface area contributed by atoms with E-state index in [1.807, 2.05) is 0 Å². The number of carbonyl (C=O) groups excluding carboxylic acids is 3. The number of hydrogen-bond acceptors (Lipinski definition) is 6. The average molecular weight is 1150 g/mol. The van der Waals surface area contributed by atoms with Crippen molar-refractivity contribution in [2.75, 3.05) is 13.2 Å². The van der Waals surface area contributed by atoms with Gasteiger partial charge in [-0.1, -0.05) is 345 Å². The molecule has 0 aromatic rings. The second kappa shape index (κ2) is 70.9.